The van der Waals surface area contributed by atoms with Crippen LogP contribution in [0.2, 0.25) is 0 Å². The third kappa shape index (κ3) is 1.30. The lowest BCUT2D eigenvalue weighted by atomic mass is 9.68. The highest BCUT2D eigenvalue weighted by molar-refractivity contribution is 9.10. The van der Waals surface area contributed by atoms with E-state index in [1.54, 1.807) is 0 Å². The van der Waals surface area contributed by atoms with E-state index >= 15 is 0 Å². The zero-order valence-electron chi connectivity index (χ0n) is 9.34. The van der Waals surface area contributed by atoms with Gasteiger partial charge in [-0.15, -0.1) is 0 Å². The van der Waals surface area contributed by atoms with Crippen LogP contribution in [0.3, 0.4) is 0 Å². The molecule has 1 unspecified atom stereocenters. The Labute approximate surface area is 104 Å². The van der Waals surface area contributed by atoms with Crippen molar-refractivity contribution in [2.24, 2.45) is 0 Å². The second-order valence-electron chi connectivity index (χ2n) is 5.10. The van der Waals surface area contributed by atoms with Gasteiger partial charge in [-0.2, -0.15) is 0 Å². The fraction of sp³-hybridized carbons (Fsp3) is 0.917. The van der Waals surface area contributed by atoms with Crippen molar-refractivity contribution in [3.8, 4) is 0 Å². The van der Waals surface area contributed by atoms with Crippen molar-refractivity contribution in [1.29, 1.82) is 0 Å². The first-order chi connectivity index (χ1) is 7.70. The number of carbonyl (C=O) groups excluding carboxylic acids is 1. The van der Waals surface area contributed by atoms with Gasteiger partial charge in [0, 0.05) is 13.2 Å². The topological polar surface area (TPSA) is 35.5 Å². The number of rotatable bonds is 0. The maximum atomic E-state index is 12.5. The van der Waals surface area contributed by atoms with E-state index in [1.165, 1.54) is 0 Å². The van der Waals surface area contributed by atoms with E-state index < -0.39 is 5.60 Å². The smallest absolute Gasteiger partial charge is 0.181 e. The molecule has 0 N–H and O–H groups in total. The van der Waals surface area contributed by atoms with E-state index in [2.05, 4.69) is 15.9 Å². The Hall–Kier alpha value is 0.0700. The van der Waals surface area contributed by atoms with Crippen LogP contribution in [0.25, 0.3) is 0 Å². The normalized spacial score (nSPS) is 48.3. The molecule has 3 nitrogen and oxygen atoms in total. The van der Waals surface area contributed by atoms with Crippen LogP contribution in [0.15, 0.2) is 0 Å². The Balaban J connectivity index is 2.01. The van der Waals surface area contributed by atoms with E-state index in [9.17, 15) is 4.79 Å². The lowest BCUT2D eigenvalue weighted by Crippen LogP contribution is -2.63. The van der Waals surface area contributed by atoms with Gasteiger partial charge in [-0.25, -0.2) is 0 Å². The monoisotopic (exact) mass is 288 g/mol. The molecule has 3 aliphatic rings. The van der Waals surface area contributed by atoms with Gasteiger partial charge in [0.05, 0.1) is 4.83 Å². The van der Waals surface area contributed by atoms with Gasteiger partial charge in [0.15, 0.2) is 11.4 Å². The van der Waals surface area contributed by atoms with Gasteiger partial charge in [0.25, 0.3) is 0 Å². The highest BCUT2D eigenvalue weighted by Gasteiger charge is 2.64. The van der Waals surface area contributed by atoms with Crippen LogP contribution in [-0.4, -0.2) is 35.0 Å². The molecular weight excluding hydrogens is 272 g/mol. The zero-order valence-corrected chi connectivity index (χ0v) is 10.9. The van der Waals surface area contributed by atoms with Gasteiger partial charge in [-0.1, -0.05) is 15.9 Å². The summed E-state index contributed by atoms with van der Waals surface area (Å²) in [5.74, 6) is 0.221. The molecule has 3 fully saturated rings. The van der Waals surface area contributed by atoms with E-state index in [0.29, 0.717) is 6.61 Å². The fourth-order valence-corrected chi connectivity index (χ4v) is 4.18. The Morgan fingerprint density at radius 2 is 1.88 bits per heavy atom. The Morgan fingerprint density at radius 1 is 1.12 bits per heavy atom. The summed E-state index contributed by atoms with van der Waals surface area (Å²) < 4.78 is 11.9. The molecule has 1 aliphatic carbocycles. The third-order valence-electron chi connectivity index (χ3n) is 4.35. The van der Waals surface area contributed by atoms with Crippen LogP contribution < -0.4 is 0 Å². The standard InChI is InChI=1S/C12H17BrO3/c13-9-3-6-11(4-1-7-15-11)12(10(9)14)5-2-8-16-12/h9H,1-8H2/t9?,11-,12+/m0/s1. The average molecular weight is 289 g/mol. The molecular formula is C12H17BrO3. The predicted molar refractivity (Wildman–Crippen MR) is 62.8 cm³/mol. The van der Waals surface area contributed by atoms with Crippen molar-refractivity contribution in [3.05, 3.63) is 0 Å². The summed E-state index contributed by atoms with van der Waals surface area (Å²) in [4.78, 5) is 12.4. The highest BCUT2D eigenvalue weighted by Crippen LogP contribution is 2.52. The van der Waals surface area contributed by atoms with Gasteiger partial charge < -0.3 is 9.47 Å². The summed E-state index contributed by atoms with van der Waals surface area (Å²) >= 11 is 3.48. The molecule has 90 valence electrons. The molecule has 1 saturated carbocycles. The zero-order chi connectivity index (χ0) is 11.2. The van der Waals surface area contributed by atoms with Crippen molar-refractivity contribution < 1.29 is 14.3 Å². The Kier molecular flexibility index (Phi) is 2.64. The maximum Gasteiger partial charge on any atom is 0.181 e. The van der Waals surface area contributed by atoms with Gasteiger partial charge >= 0.3 is 0 Å². The quantitative estimate of drug-likeness (QED) is 0.641. The van der Waals surface area contributed by atoms with Crippen LogP contribution in [0.5, 0.6) is 0 Å². The van der Waals surface area contributed by atoms with Crippen LogP contribution >= 0.6 is 15.9 Å². The number of alkyl halides is 1. The molecule has 2 spiro atoms. The molecule has 16 heavy (non-hydrogen) atoms. The van der Waals surface area contributed by atoms with Crippen molar-refractivity contribution in [3.63, 3.8) is 0 Å². The predicted octanol–water partition coefficient (Wildman–Crippen LogP) is 2.21. The second-order valence-corrected chi connectivity index (χ2v) is 6.20. The minimum absolute atomic E-state index is 0.0413. The number of halogens is 1. The summed E-state index contributed by atoms with van der Waals surface area (Å²) in [5.41, 5.74) is -0.930. The number of hydrogen-bond acceptors (Lipinski definition) is 3. The summed E-state index contributed by atoms with van der Waals surface area (Å²) in [6.07, 6.45) is 5.70. The highest BCUT2D eigenvalue weighted by atomic mass is 79.9. The molecule has 0 bridgehead atoms. The van der Waals surface area contributed by atoms with Crippen LogP contribution in [0.1, 0.15) is 38.5 Å². The Bertz CT molecular complexity index is 303. The van der Waals surface area contributed by atoms with Crippen molar-refractivity contribution in [1.82, 2.24) is 0 Å². The molecule has 2 heterocycles. The molecule has 0 amide bonds. The molecule has 3 atom stereocenters. The summed E-state index contributed by atoms with van der Waals surface area (Å²) in [6.45, 7) is 1.49. The van der Waals surface area contributed by atoms with Crippen LogP contribution in [0.4, 0.5) is 0 Å². The number of ether oxygens (including phenoxy) is 2. The van der Waals surface area contributed by atoms with Gasteiger partial charge in [-0.05, 0) is 38.5 Å². The van der Waals surface area contributed by atoms with Crippen LogP contribution in [0, 0.1) is 0 Å². The van der Waals surface area contributed by atoms with E-state index in [0.717, 1.165) is 45.1 Å². The van der Waals surface area contributed by atoms with Gasteiger partial charge in [0.2, 0.25) is 0 Å². The molecule has 0 radical (unpaired) electrons. The number of ketones is 1. The van der Waals surface area contributed by atoms with E-state index in [1.807, 2.05) is 0 Å². The van der Waals surface area contributed by atoms with Gasteiger partial charge in [0.1, 0.15) is 5.60 Å². The first kappa shape index (κ1) is 11.2. The largest absolute Gasteiger partial charge is 0.371 e. The molecule has 2 saturated heterocycles. The Morgan fingerprint density at radius 3 is 2.50 bits per heavy atom. The lowest BCUT2D eigenvalue weighted by Gasteiger charge is -2.48. The minimum atomic E-state index is -0.629. The first-order valence-electron chi connectivity index (χ1n) is 6.17. The maximum absolute atomic E-state index is 12.5. The lowest BCUT2D eigenvalue weighted by molar-refractivity contribution is -0.190. The van der Waals surface area contributed by atoms with E-state index in [4.69, 9.17) is 9.47 Å². The van der Waals surface area contributed by atoms with Crippen molar-refractivity contribution >= 4 is 21.7 Å². The molecule has 4 heteroatoms. The number of carbonyl (C=O) groups is 1. The summed E-state index contributed by atoms with van der Waals surface area (Å²) in [6, 6.07) is 0. The van der Waals surface area contributed by atoms with Crippen molar-refractivity contribution in [2.75, 3.05) is 13.2 Å². The molecule has 0 aromatic carbocycles. The van der Waals surface area contributed by atoms with Gasteiger partial charge in [-0.3, -0.25) is 4.79 Å². The number of hydrogen-bond donors (Lipinski definition) is 0. The molecule has 2 aliphatic heterocycles. The minimum Gasteiger partial charge on any atom is -0.371 e. The number of fused-ring (bicyclic) bond motifs is 1. The molecule has 0 aromatic heterocycles. The summed E-state index contributed by atoms with van der Waals surface area (Å²) in [7, 11) is 0. The summed E-state index contributed by atoms with van der Waals surface area (Å²) in [5, 5.41) is 0. The van der Waals surface area contributed by atoms with Crippen LogP contribution in [-0.2, 0) is 14.3 Å². The van der Waals surface area contributed by atoms with E-state index in [-0.39, 0.29) is 16.2 Å². The fourth-order valence-electron chi connectivity index (χ4n) is 3.58. The third-order valence-corrected chi connectivity index (χ3v) is 5.22. The molecule has 0 aromatic rings. The SMILES string of the molecule is O=C1C(Br)CC[C@@]2(CCCO2)[C@@]12CCCO2. The number of Topliss-reactive ketones (excluding diaryl/α,β-unsaturated/α-hetero) is 1. The second kappa shape index (κ2) is 3.79. The first-order valence-corrected chi connectivity index (χ1v) is 7.08. The average Bonchev–Trinajstić information content (AvgIpc) is 2.93. The van der Waals surface area contributed by atoms with Crippen molar-refractivity contribution in [2.45, 2.75) is 54.6 Å². The molecule has 3 rings (SSSR count).